The zero-order chi connectivity index (χ0) is 22.9. The maximum Gasteiger partial charge on any atom is 0.344 e. The molecule has 0 saturated carbocycles. The van der Waals surface area contributed by atoms with E-state index in [4.69, 9.17) is 16.3 Å². The molecule has 162 valence electrons. The van der Waals surface area contributed by atoms with Crippen LogP contribution < -0.4 is 15.5 Å². The third-order valence-corrected chi connectivity index (χ3v) is 5.26. The summed E-state index contributed by atoms with van der Waals surface area (Å²) in [5.41, 5.74) is 3.86. The molecule has 2 N–H and O–H groups in total. The molecule has 0 fully saturated rings. The van der Waals surface area contributed by atoms with Gasteiger partial charge in [0.05, 0.1) is 18.3 Å². The maximum absolute atomic E-state index is 12.2. The van der Waals surface area contributed by atoms with Gasteiger partial charge in [-0.3, -0.25) is 9.59 Å². The van der Waals surface area contributed by atoms with Gasteiger partial charge in [0.25, 0.3) is 11.8 Å². The zero-order valence-corrected chi connectivity index (χ0v) is 19.5. The molecule has 0 spiro atoms. The van der Waals surface area contributed by atoms with Gasteiger partial charge in [-0.05, 0) is 82.8 Å². The van der Waals surface area contributed by atoms with Crippen molar-refractivity contribution in [3.05, 3.63) is 98.1 Å². The van der Waals surface area contributed by atoms with Crippen molar-refractivity contribution >= 4 is 58.2 Å². The molecule has 0 unspecified atom stereocenters. The molecule has 32 heavy (non-hydrogen) atoms. The van der Waals surface area contributed by atoms with E-state index in [1.165, 1.54) is 12.3 Å². The first-order valence-electron chi connectivity index (χ1n) is 9.35. The Morgan fingerprint density at radius 3 is 2.47 bits per heavy atom. The van der Waals surface area contributed by atoms with Crippen LogP contribution >= 0.6 is 34.2 Å². The number of esters is 1. The van der Waals surface area contributed by atoms with Gasteiger partial charge in [-0.25, -0.2) is 10.2 Å². The minimum absolute atomic E-state index is 0.240. The number of carbonyl (C=O) groups excluding carboxylic acids is 3. The first-order valence-corrected chi connectivity index (χ1v) is 10.8. The lowest BCUT2D eigenvalue weighted by atomic mass is 10.2. The van der Waals surface area contributed by atoms with Crippen molar-refractivity contribution in [2.45, 2.75) is 0 Å². The number of halogens is 2. The summed E-state index contributed by atoms with van der Waals surface area (Å²) in [5, 5.41) is 6.77. The number of hydrazone groups is 1. The lowest BCUT2D eigenvalue weighted by Gasteiger charge is -2.06. The van der Waals surface area contributed by atoms with Gasteiger partial charge in [0.2, 0.25) is 0 Å². The predicted molar refractivity (Wildman–Crippen MR) is 130 cm³/mol. The number of rotatable bonds is 7. The quantitative estimate of drug-likeness (QED) is 0.150. The molecule has 3 aromatic carbocycles. The van der Waals surface area contributed by atoms with E-state index >= 15 is 0 Å². The number of nitrogens with one attached hydrogen (secondary N) is 2. The number of nitrogens with zero attached hydrogens (tertiary/aromatic N) is 1. The normalized spacial score (nSPS) is 10.6. The van der Waals surface area contributed by atoms with E-state index in [0.717, 1.165) is 3.57 Å². The molecule has 0 atom stereocenters. The molecule has 9 heteroatoms. The Hall–Kier alpha value is -3.24. The second kappa shape index (κ2) is 11.4. The summed E-state index contributed by atoms with van der Waals surface area (Å²) in [6.07, 6.45) is 1.43. The fourth-order valence-corrected chi connectivity index (χ4v) is 3.32. The average Bonchev–Trinajstić information content (AvgIpc) is 2.79. The topological polar surface area (TPSA) is 96.9 Å². The number of ether oxygens (including phenoxy) is 1. The Morgan fingerprint density at radius 1 is 1.00 bits per heavy atom. The van der Waals surface area contributed by atoms with Crippen LogP contribution in [-0.2, 0) is 4.79 Å². The highest BCUT2D eigenvalue weighted by Crippen LogP contribution is 2.17. The lowest BCUT2D eigenvalue weighted by Crippen LogP contribution is -2.34. The largest absolute Gasteiger partial charge is 0.423 e. The summed E-state index contributed by atoms with van der Waals surface area (Å²) in [6.45, 7) is -0.240. The van der Waals surface area contributed by atoms with Crippen LogP contribution in [0.15, 0.2) is 77.9 Å². The van der Waals surface area contributed by atoms with Gasteiger partial charge in [0.15, 0.2) is 0 Å². The third-order valence-electron chi connectivity index (χ3n) is 4.08. The molecular weight excluding hydrogens is 545 g/mol. The SMILES string of the molecule is O=C(CNC(=O)c1cccc(Cl)c1)N/N=C/c1ccc(OC(=O)c2ccccc2I)cc1. The Morgan fingerprint density at radius 2 is 1.75 bits per heavy atom. The fraction of sp³-hybridized carbons (Fsp3) is 0.0435. The molecule has 0 aliphatic heterocycles. The van der Waals surface area contributed by atoms with Crippen LogP contribution in [-0.4, -0.2) is 30.5 Å². The van der Waals surface area contributed by atoms with Crippen LogP contribution in [0.1, 0.15) is 26.3 Å². The Labute approximate surface area is 202 Å². The van der Waals surface area contributed by atoms with Gasteiger partial charge in [0.1, 0.15) is 5.75 Å². The van der Waals surface area contributed by atoms with E-state index in [0.29, 0.717) is 27.5 Å². The fourth-order valence-electron chi connectivity index (χ4n) is 2.52. The number of hydrogen-bond donors (Lipinski definition) is 2. The number of carbonyl (C=O) groups is 3. The highest BCUT2D eigenvalue weighted by molar-refractivity contribution is 14.1. The molecule has 0 aliphatic rings. The Balaban J connectivity index is 1.46. The van der Waals surface area contributed by atoms with E-state index < -0.39 is 17.8 Å². The maximum atomic E-state index is 12.2. The molecule has 0 radical (unpaired) electrons. The molecular formula is C23H17ClIN3O4. The average molecular weight is 562 g/mol. The van der Waals surface area contributed by atoms with Gasteiger partial charge < -0.3 is 10.1 Å². The first kappa shape index (κ1) is 23.4. The summed E-state index contributed by atoms with van der Waals surface area (Å²) >= 11 is 7.92. The molecule has 0 aliphatic carbocycles. The van der Waals surface area contributed by atoms with Crippen LogP contribution in [0.5, 0.6) is 5.75 Å². The minimum Gasteiger partial charge on any atom is -0.423 e. The van der Waals surface area contributed by atoms with E-state index in [9.17, 15) is 14.4 Å². The van der Waals surface area contributed by atoms with Crippen molar-refractivity contribution in [3.8, 4) is 5.75 Å². The zero-order valence-electron chi connectivity index (χ0n) is 16.5. The molecule has 0 aromatic heterocycles. The molecule has 0 bridgehead atoms. The van der Waals surface area contributed by atoms with Crippen LogP contribution in [0.3, 0.4) is 0 Å². The Kier molecular flexibility index (Phi) is 8.34. The van der Waals surface area contributed by atoms with Gasteiger partial charge in [-0.15, -0.1) is 0 Å². The van der Waals surface area contributed by atoms with Crippen molar-refractivity contribution in [2.24, 2.45) is 5.10 Å². The van der Waals surface area contributed by atoms with Crippen LogP contribution in [0.25, 0.3) is 0 Å². The van der Waals surface area contributed by atoms with Crippen LogP contribution in [0.4, 0.5) is 0 Å². The second-order valence-electron chi connectivity index (χ2n) is 6.42. The summed E-state index contributed by atoms with van der Waals surface area (Å²) in [7, 11) is 0. The van der Waals surface area contributed by atoms with E-state index in [1.807, 2.05) is 12.1 Å². The standard InChI is InChI=1S/C23H17ClIN3O4/c24-17-5-3-4-16(12-17)22(30)26-14-21(29)28-27-13-15-8-10-18(11-9-15)32-23(31)19-6-1-2-7-20(19)25/h1-13H,14H2,(H,26,30)(H,28,29)/b27-13+. The van der Waals surface area contributed by atoms with E-state index in [2.05, 4.69) is 38.4 Å². The van der Waals surface area contributed by atoms with Crippen LogP contribution in [0, 0.1) is 3.57 Å². The lowest BCUT2D eigenvalue weighted by molar-refractivity contribution is -0.120. The summed E-state index contributed by atoms with van der Waals surface area (Å²) in [5.74, 6) is -0.954. The number of hydrogen-bond acceptors (Lipinski definition) is 5. The smallest absolute Gasteiger partial charge is 0.344 e. The Bertz CT molecular complexity index is 1170. The third kappa shape index (κ3) is 6.89. The van der Waals surface area contributed by atoms with Crippen molar-refractivity contribution in [3.63, 3.8) is 0 Å². The van der Waals surface area contributed by atoms with Gasteiger partial charge in [0, 0.05) is 14.2 Å². The summed E-state index contributed by atoms with van der Waals surface area (Å²) in [6, 6.07) is 20.2. The van der Waals surface area contributed by atoms with Gasteiger partial charge in [-0.1, -0.05) is 29.8 Å². The molecule has 2 amide bonds. The molecule has 3 aromatic rings. The van der Waals surface area contributed by atoms with Gasteiger partial charge >= 0.3 is 5.97 Å². The first-order chi connectivity index (χ1) is 15.4. The monoisotopic (exact) mass is 561 g/mol. The van der Waals surface area contributed by atoms with E-state index in [1.54, 1.807) is 54.6 Å². The molecule has 3 rings (SSSR count). The van der Waals surface area contributed by atoms with Crippen LogP contribution in [0.2, 0.25) is 5.02 Å². The molecule has 0 heterocycles. The number of amides is 2. The van der Waals surface area contributed by atoms with Gasteiger partial charge in [-0.2, -0.15) is 5.10 Å². The highest BCUT2D eigenvalue weighted by atomic mass is 127. The van der Waals surface area contributed by atoms with Crippen molar-refractivity contribution in [1.29, 1.82) is 0 Å². The van der Waals surface area contributed by atoms with E-state index in [-0.39, 0.29) is 6.54 Å². The number of benzene rings is 3. The minimum atomic E-state index is -0.486. The molecule has 0 saturated heterocycles. The van der Waals surface area contributed by atoms with Crippen molar-refractivity contribution < 1.29 is 19.1 Å². The van der Waals surface area contributed by atoms with Crippen molar-refractivity contribution in [2.75, 3.05) is 6.54 Å². The van der Waals surface area contributed by atoms with Crippen molar-refractivity contribution in [1.82, 2.24) is 10.7 Å². The summed E-state index contributed by atoms with van der Waals surface area (Å²) < 4.78 is 6.17. The summed E-state index contributed by atoms with van der Waals surface area (Å²) in [4.78, 5) is 36.1. The second-order valence-corrected chi connectivity index (χ2v) is 8.02. The highest BCUT2D eigenvalue weighted by Gasteiger charge is 2.11. The molecule has 7 nitrogen and oxygen atoms in total. The predicted octanol–water partition coefficient (Wildman–Crippen LogP) is 4.04.